The molecule has 20 heavy (non-hydrogen) atoms. The van der Waals surface area contributed by atoms with Gasteiger partial charge >= 0.3 is 0 Å². The number of carbonyl (C=O) groups excluding carboxylic acids is 1. The Kier molecular flexibility index (Phi) is 3.78. The summed E-state index contributed by atoms with van der Waals surface area (Å²) in [6.45, 7) is 0. The predicted octanol–water partition coefficient (Wildman–Crippen LogP) is 3.07. The van der Waals surface area contributed by atoms with Crippen LogP contribution in [0.15, 0.2) is 33.7 Å². The first-order valence-electron chi connectivity index (χ1n) is 6.66. The lowest BCUT2D eigenvalue weighted by Gasteiger charge is -2.04. The number of anilines is 1. The number of nitrogens with zero attached hydrogens (tertiary/aromatic N) is 1. The van der Waals surface area contributed by atoms with Crippen LogP contribution in [0.2, 0.25) is 0 Å². The Bertz CT molecular complexity index is 619. The van der Waals surface area contributed by atoms with E-state index in [1.807, 2.05) is 30.5 Å². The highest BCUT2D eigenvalue weighted by atomic mass is 32.2. The van der Waals surface area contributed by atoms with Crippen molar-refractivity contribution >= 4 is 23.6 Å². The van der Waals surface area contributed by atoms with Gasteiger partial charge in [-0.25, -0.2) is 0 Å². The van der Waals surface area contributed by atoms with Gasteiger partial charge in [-0.2, -0.15) is 0 Å². The van der Waals surface area contributed by atoms with Gasteiger partial charge in [0.15, 0.2) is 0 Å². The highest BCUT2D eigenvalue weighted by molar-refractivity contribution is 7.98. The number of rotatable bonds is 4. The minimum atomic E-state index is -0.0623. The molecule has 0 radical (unpaired) electrons. The van der Waals surface area contributed by atoms with Crippen molar-refractivity contribution in [2.24, 2.45) is 0 Å². The molecule has 5 heteroatoms. The second kappa shape index (κ2) is 5.71. The molecule has 0 unspecified atom stereocenters. The lowest BCUT2D eigenvalue weighted by atomic mass is 10.1. The summed E-state index contributed by atoms with van der Waals surface area (Å²) >= 11 is 1.69. The maximum absolute atomic E-state index is 12.0. The number of carbonyl (C=O) groups is 1. The number of hydrogen-bond donors (Lipinski definition) is 1. The Morgan fingerprint density at radius 3 is 2.90 bits per heavy atom. The number of fused-ring (bicyclic) bond motifs is 1. The van der Waals surface area contributed by atoms with Crippen molar-refractivity contribution in [1.82, 2.24) is 5.16 Å². The third-order valence-corrected chi connectivity index (χ3v) is 4.23. The number of amides is 1. The summed E-state index contributed by atoms with van der Waals surface area (Å²) in [5, 5.41) is 6.81. The van der Waals surface area contributed by atoms with E-state index in [4.69, 9.17) is 4.52 Å². The van der Waals surface area contributed by atoms with Crippen molar-refractivity contribution in [2.45, 2.75) is 30.6 Å². The molecule has 0 spiro atoms. The van der Waals surface area contributed by atoms with Gasteiger partial charge in [-0.1, -0.05) is 17.3 Å². The first-order valence-corrected chi connectivity index (χ1v) is 7.89. The minimum Gasteiger partial charge on any atom is -0.338 e. The lowest BCUT2D eigenvalue weighted by Crippen LogP contribution is -2.14. The molecule has 0 atom stereocenters. The number of benzene rings is 1. The molecule has 1 aromatic carbocycles. The lowest BCUT2D eigenvalue weighted by molar-refractivity contribution is -0.115. The van der Waals surface area contributed by atoms with Gasteiger partial charge in [-0.05, 0) is 43.2 Å². The Morgan fingerprint density at radius 2 is 2.15 bits per heavy atom. The van der Waals surface area contributed by atoms with Crippen molar-refractivity contribution in [2.75, 3.05) is 11.6 Å². The summed E-state index contributed by atoms with van der Waals surface area (Å²) < 4.78 is 5.20. The van der Waals surface area contributed by atoms with Crippen LogP contribution < -0.4 is 5.32 Å². The Morgan fingerprint density at radius 1 is 1.35 bits per heavy atom. The molecule has 2 aromatic rings. The summed E-state index contributed by atoms with van der Waals surface area (Å²) in [5.41, 5.74) is 3.05. The quantitative estimate of drug-likeness (QED) is 0.878. The van der Waals surface area contributed by atoms with Gasteiger partial charge in [0.1, 0.15) is 0 Å². The molecule has 0 aliphatic heterocycles. The average Bonchev–Trinajstić information content (AvgIpc) is 3.05. The molecule has 104 valence electrons. The fourth-order valence-electron chi connectivity index (χ4n) is 2.43. The van der Waals surface area contributed by atoms with Crippen molar-refractivity contribution in [3.63, 3.8) is 0 Å². The second-order valence-corrected chi connectivity index (χ2v) is 5.74. The van der Waals surface area contributed by atoms with E-state index in [2.05, 4.69) is 10.5 Å². The van der Waals surface area contributed by atoms with Crippen LogP contribution in [0, 0.1) is 0 Å². The van der Waals surface area contributed by atoms with E-state index in [1.54, 1.807) is 11.8 Å². The molecular formula is C15H16N2O2S. The summed E-state index contributed by atoms with van der Waals surface area (Å²) in [4.78, 5) is 13.2. The number of nitrogens with one attached hydrogen (secondary N) is 1. The Hall–Kier alpha value is -1.75. The molecule has 1 N–H and O–H groups in total. The van der Waals surface area contributed by atoms with Gasteiger partial charge in [-0.3, -0.25) is 10.1 Å². The largest absolute Gasteiger partial charge is 0.338 e. The van der Waals surface area contributed by atoms with Crippen molar-refractivity contribution in [1.29, 1.82) is 0 Å². The fraction of sp³-hybridized carbons (Fsp3) is 0.333. The molecule has 0 bridgehead atoms. The van der Waals surface area contributed by atoms with Crippen molar-refractivity contribution in [3.05, 3.63) is 41.1 Å². The fourth-order valence-corrected chi connectivity index (χ4v) is 2.84. The number of thioether (sulfide) groups is 1. The van der Waals surface area contributed by atoms with Crippen LogP contribution in [-0.2, 0) is 24.1 Å². The molecular weight excluding hydrogens is 272 g/mol. The zero-order chi connectivity index (χ0) is 13.9. The maximum Gasteiger partial charge on any atom is 0.234 e. The van der Waals surface area contributed by atoms with Gasteiger partial charge in [0.05, 0.1) is 12.1 Å². The third-order valence-electron chi connectivity index (χ3n) is 3.49. The Labute approximate surface area is 121 Å². The highest BCUT2D eigenvalue weighted by Crippen LogP contribution is 2.28. The summed E-state index contributed by atoms with van der Waals surface area (Å²) in [7, 11) is 0. The Balaban J connectivity index is 1.64. The SMILES string of the molecule is CSc1ccc(CC(=O)Nc2onc3c2CCC3)cc1. The maximum atomic E-state index is 12.0. The van der Waals surface area contributed by atoms with Crippen LogP contribution in [0.1, 0.15) is 23.2 Å². The number of hydrogen-bond acceptors (Lipinski definition) is 4. The van der Waals surface area contributed by atoms with Crippen LogP contribution >= 0.6 is 11.8 Å². The topological polar surface area (TPSA) is 55.1 Å². The molecule has 0 fully saturated rings. The monoisotopic (exact) mass is 288 g/mol. The van der Waals surface area contributed by atoms with E-state index in [0.717, 1.165) is 36.1 Å². The first-order chi connectivity index (χ1) is 9.76. The van der Waals surface area contributed by atoms with Gasteiger partial charge in [0.2, 0.25) is 11.8 Å². The van der Waals surface area contributed by atoms with Crippen LogP contribution in [0.4, 0.5) is 5.88 Å². The summed E-state index contributed by atoms with van der Waals surface area (Å²) in [5.74, 6) is 0.469. The average molecular weight is 288 g/mol. The third kappa shape index (κ3) is 2.72. The molecule has 1 aliphatic carbocycles. The molecule has 0 saturated heterocycles. The van der Waals surface area contributed by atoms with Gasteiger partial charge in [-0.15, -0.1) is 11.8 Å². The zero-order valence-electron chi connectivity index (χ0n) is 11.3. The summed E-state index contributed by atoms with van der Waals surface area (Å²) in [6, 6.07) is 8.02. The normalized spacial score (nSPS) is 13.2. The molecule has 4 nitrogen and oxygen atoms in total. The van der Waals surface area contributed by atoms with Crippen molar-refractivity contribution in [3.8, 4) is 0 Å². The van der Waals surface area contributed by atoms with Crippen LogP contribution in [0.3, 0.4) is 0 Å². The molecule has 1 heterocycles. The van der Waals surface area contributed by atoms with Crippen LogP contribution in [0.5, 0.6) is 0 Å². The number of aryl methyl sites for hydroxylation is 1. The van der Waals surface area contributed by atoms with Crippen LogP contribution in [0.25, 0.3) is 0 Å². The van der Waals surface area contributed by atoms with E-state index in [1.165, 1.54) is 4.90 Å². The van der Waals surface area contributed by atoms with E-state index in [0.29, 0.717) is 12.3 Å². The van der Waals surface area contributed by atoms with Crippen molar-refractivity contribution < 1.29 is 9.32 Å². The molecule has 0 saturated carbocycles. The van der Waals surface area contributed by atoms with Gasteiger partial charge < -0.3 is 4.52 Å². The predicted molar refractivity (Wildman–Crippen MR) is 79.1 cm³/mol. The standard InChI is InChI=1S/C15H16N2O2S/c1-20-11-7-5-10(6-8-11)9-14(18)16-15-12-3-2-4-13(12)17-19-15/h5-8H,2-4,9H2,1H3,(H,16,18). The first kappa shape index (κ1) is 13.2. The minimum absolute atomic E-state index is 0.0623. The summed E-state index contributed by atoms with van der Waals surface area (Å²) in [6.07, 6.45) is 5.37. The smallest absolute Gasteiger partial charge is 0.234 e. The van der Waals surface area contributed by atoms with E-state index < -0.39 is 0 Å². The molecule has 1 amide bonds. The molecule has 1 aromatic heterocycles. The second-order valence-electron chi connectivity index (χ2n) is 4.86. The van der Waals surface area contributed by atoms with E-state index in [9.17, 15) is 4.79 Å². The molecule has 3 rings (SSSR count). The van der Waals surface area contributed by atoms with E-state index in [-0.39, 0.29) is 5.91 Å². The van der Waals surface area contributed by atoms with E-state index >= 15 is 0 Å². The molecule has 1 aliphatic rings. The number of aromatic nitrogens is 1. The van der Waals surface area contributed by atoms with Crippen LogP contribution in [-0.4, -0.2) is 17.3 Å². The zero-order valence-corrected chi connectivity index (χ0v) is 12.1. The van der Waals surface area contributed by atoms with Gasteiger partial charge in [0, 0.05) is 10.5 Å². The van der Waals surface area contributed by atoms with Gasteiger partial charge in [0.25, 0.3) is 0 Å². The highest BCUT2D eigenvalue weighted by Gasteiger charge is 2.22.